The topological polar surface area (TPSA) is 80.4 Å². The molecule has 0 spiro atoms. The number of benzene rings is 1. The van der Waals surface area contributed by atoms with E-state index in [4.69, 9.17) is 40.5 Å². The predicted octanol–water partition coefficient (Wildman–Crippen LogP) is 4.56. The van der Waals surface area contributed by atoms with Crippen LogP contribution in [0.25, 0.3) is 0 Å². The van der Waals surface area contributed by atoms with Crippen LogP contribution in [0.2, 0.25) is 15.2 Å². The van der Waals surface area contributed by atoms with Crippen LogP contribution in [0.4, 0.5) is 5.69 Å². The molecule has 1 aromatic carbocycles. The van der Waals surface area contributed by atoms with E-state index in [0.717, 1.165) is 17.7 Å². The van der Waals surface area contributed by atoms with Crippen LogP contribution < -0.4 is 11.2 Å². The van der Waals surface area contributed by atoms with Gasteiger partial charge in [-0.2, -0.15) is 5.10 Å². The van der Waals surface area contributed by atoms with Crippen LogP contribution in [0.5, 0.6) is 0 Å². The highest BCUT2D eigenvalue weighted by Gasteiger charge is 2.19. The minimum Gasteiger partial charge on any atom is -0.396 e. The van der Waals surface area contributed by atoms with Crippen molar-refractivity contribution in [3.8, 4) is 0 Å². The second-order valence-electron chi connectivity index (χ2n) is 4.91. The van der Waals surface area contributed by atoms with Gasteiger partial charge in [0.25, 0.3) is 5.91 Å². The van der Waals surface area contributed by atoms with Gasteiger partial charge in [-0.3, -0.25) is 4.79 Å². The number of pyridine rings is 1. The van der Waals surface area contributed by atoms with Crippen LogP contribution in [0, 0.1) is 0 Å². The van der Waals surface area contributed by atoms with Crippen LogP contribution in [0.1, 0.15) is 35.8 Å². The molecule has 0 saturated carbocycles. The number of carbonyl (C=O) groups excluding carboxylic acids is 1. The van der Waals surface area contributed by atoms with Crippen molar-refractivity contribution in [3.63, 3.8) is 0 Å². The molecule has 0 aliphatic carbocycles. The Labute approximate surface area is 154 Å². The molecule has 24 heavy (non-hydrogen) atoms. The number of carbonyl (C=O) groups is 1. The first-order chi connectivity index (χ1) is 11.5. The monoisotopic (exact) mass is 384 g/mol. The first-order valence-corrected chi connectivity index (χ1v) is 8.31. The molecule has 2 aromatic rings. The van der Waals surface area contributed by atoms with Crippen molar-refractivity contribution in [1.29, 1.82) is 0 Å². The Morgan fingerprint density at radius 1 is 1.21 bits per heavy atom. The maximum absolute atomic E-state index is 12.3. The zero-order valence-corrected chi connectivity index (χ0v) is 15.1. The fourth-order valence-electron chi connectivity index (χ4n) is 1.99. The van der Waals surface area contributed by atoms with Gasteiger partial charge in [-0.15, -0.1) is 0 Å². The lowest BCUT2D eigenvalue weighted by molar-refractivity contribution is 0.0950. The average Bonchev–Trinajstić information content (AvgIpc) is 2.60. The van der Waals surface area contributed by atoms with E-state index >= 15 is 0 Å². The molecule has 0 bridgehead atoms. The molecular formula is C16H15Cl3N4O. The number of nitrogens with two attached hydrogens (primary N) is 1. The molecule has 1 amide bonds. The van der Waals surface area contributed by atoms with E-state index in [1.807, 2.05) is 37.3 Å². The van der Waals surface area contributed by atoms with Gasteiger partial charge in [0.05, 0.1) is 16.4 Å². The van der Waals surface area contributed by atoms with Gasteiger partial charge in [0.2, 0.25) is 0 Å². The molecule has 3 N–H and O–H groups in total. The molecule has 0 atom stereocenters. The predicted molar refractivity (Wildman–Crippen MR) is 99.0 cm³/mol. The number of nitrogens with one attached hydrogen (secondary N) is 1. The number of nitrogens with zero attached hydrogens (tertiary/aromatic N) is 2. The fraction of sp³-hybridized carbons (Fsp3) is 0.188. The molecule has 8 heteroatoms. The summed E-state index contributed by atoms with van der Waals surface area (Å²) < 4.78 is 0. The van der Waals surface area contributed by atoms with Gasteiger partial charge in [0.1, 0.15) is 5.02 Å². The van der Waals surface area contributed by atoms with Gasteiger partial charge < -0.3 is 5.73 Å². The highest BCUT2D eigenvalue weighted by molar-refractivity contribution is 6.46. The minimum absolute atomic E-state index is 0.00399. The highest BCUT2D eigenvalue weighted by Crippen LogP contribution is 2.34. The Kier molecular flexibility index (Phi) is 6.43. The summed E-state index contributed by atoms with van der Waals surface area (Å²) in [7, 11) is 0. The summed E-state index contributed by atoms with van der Waals surface area (Å²) in [5.41, 5.74) is 9.70. The zero-order chi connectivity index (χ0) is 17.7. The van der Waals surface area contributed by atoms with Gasteiger partial charge in [0, 0.05) is 0 Å². The van der Waals surface area contributed by atoms with Crippen LogP contribution in [0.3, 0.4) is 0 Å². The quantitative estimate of drug-likeness (QED) is 0.450. The Morgan fingerprint density at radius 2 is 1.88 bits per heavy atom. The Bertz CT molecular complexity index is 779. The number of hydrogen-bond donors (Lipinski definition) is 2. The molecule has 1 aromatic heterocycles. The van der Waals surface area contributed by atoms with Crippen LogP contribution in [-0.4, -0.2) is 16.6 Å². The van der Waals surface area contributed by atoms with Crippen LogP contribution >= 0.6 is 34.8 Å². The zero-order valence-electron chi connectivity index (χ0n) is 12.8. The number of amides is 1. The molecule has 0 aliphatic rings. The van der Waals surface area contributed by atoms with E-state index in [9.17, 15) is 4.79 Å². The number of nitrogen functional groups attached to an aromatic ring is 1. The molecule has 5 nitrogen and oxygen atoms in total. The molecule has 0 radical (unpaired) electrons. The summed E-state index contributed by atoms with van der Waals surface area (Å²) in [6.07, 6.45) is 1.58. The van der Waals surface area contributed by atoms with Crippen molar-refractivity contribution in [2.45, 2.75) is 19.8 Å². The number of anilines is 1. The van der Waals surface area contributed by atoms with Crippen molar-refractivity contribution in [1.82, 2.24) is 10.4 Å². The summed E-state index contributed by atoms with van der Waals surface area (Å²) in [5, 5.41) is 4.04. The lowest BCUT2D eigenvalue weighted by Crippen LogP contribution is -2.22. The van der Waals surface area contributed by atoms with Crippen LogP contribution in [0.15, 0.2) is 35.4 Å². The van der Waals surface area contributed by atoms with Gasteiger partial charge in [-0.1, -0.05) is 78.5 Å². The van der Waals surface area contributed by atoms with Gasteiger partial charge in [-0.25, -0.2) is 10.4 Å². The van der Waals surface area contributed by atoms with Crippen molar-refractivity contribution >= 4 is 52.1 Å². The molecule has 126 valence electrons. The molecule has 0 unspecified atom stereocenters. The summed E-state index contributed by atoms with van der Waals surface area (Å²) in [5.74, 6) is -0.616. The lowest BCUT2D eigenvalue weighted by Gasteiger charge is -2.09. The third-order valence-electron chi connectivity index (χ3n) is 3.17. The standard InChI is InChI=1S/C16H15Cl3N4O/c1-2-6-10(9-7-4-3-5-8-9)22-23-16(24)14-11(17)13(20)12(18)15(19)21-14/h3-5,7-8H,2,6H2,1H3,(H2,20,21)(H,23,24)/b22-10-. The number of rotatable bonds is 5. The minimum atomic E-state index is -0.616. The fourth-order valence-corrected chi connectivity index (χ4v) is 2.58. The Morgan fingerprint density at radius 3 is 2.50 bits per heavy atom. The Balaban J connectivity index is 2.28. The van der Waals surface area contributed by atoms with Crippen molar-refractivity contribution in [2.24, 2.45) is 5.10 Å². The molecule has 1 heterocycles. The second-order valence-corrected chi connectivity index (χ2v) is 6.02. The first kappa shape index (κ1) is 18.5. The highest BCUT2D eigenvalue weighted by atomic mass is 35.5. The maximum atomic E-state index is 12.3. The van der Waals surface area contributed by atoms with Gasteiger partial charge in [-0.05, 0) is 12.0 Å². The third kappa shape index (κ3) is 4.17. The second kappa shape index (κ2) is 8.33. The lowest BCUT2D eigenvalue weighted by atomic mass is 10.1. The maximum Gasteiger partial charge on any atom is 0.291 e. The van der Waals surface area contributed by atoms with Crippen molar-refractivity contribution in [2.75, 3.05) is 5.73 Å². The number of hydrogen-bond acceptors (Lipinski definition) is 4. The normalized spacial score (nSPS) is 11.4. The molecule has 0 fully saturated rings. The van der Waals surface area contributed by atoms with E-state index in [2.05, 4.69) is 15.5 Å². The van der Waals surface area contributed by atoms with Gasteiger partial charge in [0.15, 0.2) is 10.8 Å². The summed E-state index contributed by atoms with van der Waals surface area (Å²) in [6, 6.07) is 9.56. The van der Waals surface area contributed by atoms with E-state index < -0.39 is 5.91 Å². The molecule has 0 saturated heterocycles. The summed E-state index contributed by atoms with van der Waals surface area (Å²) in [6.45, 7) is 2.03. The van der Waals surface area contributed by atoms with E-state index in [-0.39, 0.29) is 26.6 Å². The van der Waals surface area contributed by atoms with E-state index in [1.165, 1.54) is 0 Å². The van der Waals surface area contributed by atoms with Gasteiger partial charge >= 0.3 is 0 Å². The SMILES string of the molecule is CCC/C(=N/NC(=O)c1nc(Cl)c(Cl)c(N)c1Cl)c1ccccc1. The number of hydrazone groups is 1. The first-order valence-electron chi connectivity index (χ1n) is 7.18. The van der Waals surface area contributed by atoms with E-state index in [1.54, 1.807) is 0 Å². The molecule has 2 rings (SSSR count). The number of aromatic nitrogens is 1. The number of halogens is 3. The summed E-state index contributed by atoms with van der Waals surface area (Å²) >= 11 is 17.7. The van der Waals surface area contributed by atoms with Crippen LogP contribution in [-0.2, 0) is 0 Å². The average molecular weight is 386 g/mol. The smallest absolute Gasteiger partial charge is 0.291 e. The molecular weight excluding hydrogens is 371 g/mol. The summed E-state index contributed by atoms with van der Waals surface area (Å²) in [4.78, 5) is 16.2. The Hall–Kier alpha value is -1.82. The van der Waals surface area contributed by atoms with Crippen molar-refractivity contribution < 1.29 is 4.79 Å². The largest absolute Gasteiger partial charge is 0.396 e. The van der Waals surface area contributed by atoms with Crippen molar-refractivity contribution in [3.05, 3.63) is 56.8 Å². The molecule has 0 aliphatic heterocycles. The third-order valence-corrected chi connectivity index (χ3v) is 4.31. The van der Waals surface area contributed by atoms with E-state index in [0.29, 0.717) is 6.42 Å².